The zero-order valence-electron chi connectivity index (χ0n) is 8.21. The van der Waals surface area contributed by atoms with E-state index in [9.17, 15) is 18.0 Å². The Bertz CT molecular complexity index is 449. The van der Waals surface area contributed by atoms with Gasteiger partial charge in [-0.15, -0.1) is 13.2 Å². The first-order valence-corrected chi connectivity index (χ1v) is 5.06. The number of rotatable bonds is 3. The molecule has 94 valence electrons. The van der Waals surface area contributed by atoms with Crippen molar-refractivity contribution in [1.29, 1.82) is 0 Å². The number of methoxy groups -OCH3 is 1. The Labute approximate surface area is 107 Å². The fraction of sp³-hybridized carbons (Fsp3) is 0.250. The van der Waals surface area contributed by atoms with E-state index in [4.69, 9.17) is 5.11 Å². The normalized spacial score (nSPS) is 11.1. The van der Waals surface area contributed by atoms with Crippen LogP contribution in [0.4, 0.5) is 13.2 Å². The molecule has 0 saturated heterocycles. The molecule has 17 heavy (non-hydrogen) atoms. The van der Waals surface area contributed by atoms with E-state index in [0.29, 0.717) is 0 Å². The number of alkyl halides is 3. The second-order valence-corrected chi connectivity index (χ2v) is 3.84. The van der Waals surface area contributed by atoms with Crippen LogP contribution < -0.4 is 9.47 Å². The number of ether oxygens (including phenoxy) is 2. The number of hydrogen-bond donors (Lipinski definition) is 1. The van der Waals surface area contributed by atoms with Crippen LogP contribution in [0.25, 0.3) is 0 Å². The summed E-state index contributed by atoms with van der Waals surface area (Å²) >= 11 is 1.54. The van der Waals surface area contributed by atoms with Gasteiger partial charge >= 0.3 is 12.3 Å². The lowest BCUT2D eigenvalue weighted by atomic mass is 10.3. The van der Waals surface area contributed by atoms with Gasteiger partial charge in [0.1, 0.15) is 0 Å². The molecule has 0 radical (unpaired) electrons. The van der Waals surface area contributed by atoms with Crippen molar-refractivity contribution in [2.45, 2.75) is 6.36 Å². The first kappa shape index (κ1) is 13.8. The molecule has 0 spiro atoms. The maximum atomic E-state index is 12.0. The summed E-state index contributed by atoms with van der Waals surface area (Å²) in [6, 6.07) is 0.892. The van der Waals surface area contributed by atoms with E-state index in [1.54, 1.807) is 0 Å². The summed E-state index contributed by atoms with van der Waals surface area (Å²) in [5.74, 6) is -2.60. The van der Waals surface area contributed by atoms with Gasteiger partial charge in [0.2, 0.25) is 0 Å². The molecule has 0 unspecified atom stereocenters. The number of carboxylic acids is 1. The largest absolute Gasteiger partial charge is 0.573 e. The van der Waals surface area contributed by atoms with Crippen molar-refractivity contribution in [3.63, 3.8) is 0 Å². The van der Waals surface area contributed by atoms with Crippen LogP contribution in [0, 0.1) is 3.57 Å². The van der Waals surface area contributed by atoms with Gasteiger partial charge in [0.05, 0.1) is 10.7 Å². The maximum Gasteiger partial charge on any atom is 0.573 e. The highest BCUT2D eigenvalue weighted by atomic mass is 127. The third-order valence-corrected chi connectivity index (χ3v) is 2.35. The van der Waals surface area contributed by atoms with Gasteiger partial charge in [-0.25, -0.2) is 9.78 Å². The number of nitrogens with zero attached hydrogens (tertiary/aromatic N) is 1. The van der Waals surface area contributed by atoms with Gasteiger partial charge < -0.3 is 14.6 Å². The summed E-state index contributed by atoms with van der Waals surface area (Å²) in [5, 5.41) is 8.72. The van der Waals surface area contributed by atoms with Crippen molar-refractivity contribution in [3.8, 4) is 11.6 Å². The first-order valence-electron chi connectivity index (χ1n) is 3.98. The molecule has 0 aromatic carbocycles. The molecule has 0 fully saturated rings. The first-order chi connectivity index (χ1) is 7.74. The Balaban J connectivity index is 3.24. The molecule has 0 aliphatic carbocycles. The maximum absolute atomic E-state index is 12.0. The highest BCUT2D eigenvalue weighted by Crippen LogP contribution is 2.32. The summed E-state index contributed by atoms with van der Waals surface area (Å²) in [4.78, 5) is 14.1. The summed E-state index contributed by atoms with van der Waals surface area (Å²) in [7, 11) is 1.06. The van der Waals surface area contributed by atoms with E-state index in [0.717, 1.165) is 13.2 Å². The lowest BCUT2D eigenvalue weighted by Crippen LogP contribution is -2.18. The fourth-order valence-corrected chi connectivity index (χ4v) is 1.58. The number of pyridine rings is 1. The highest BCUT2D eigenvalue weighted by molar-refractivity contribution is 14.1. The molecule has 0 amide bonds. The van der Waals surface area contributed by atoms with Gasteiger partial charge in [0.15, 0.2) is 11.4 Å². The predicted octanol–water partition coefficient (Wildman–Crippen LogP) is 2.29. The molecular formula is C8H5F3INO4. The van der Waals surface area contributed by atoms with Gasteiger partial charge in [0.25, 0.3) is 5.88 Å². The van der Waals surface area contributed by atoms with Crippen molar-refractivity contribution in [1.82, 2.24) is 4.98 Å². The second kappa shape index (κ2) is 4.94. The predicted molar refractivity (Wildman–Crippen MR) is 57.1 cm³/mol. The van der Waals surface area contributed by atoms with Crippen molar-refractivity contribution in [2.24, 2.45) is 0 Å². The standard InChI is InChI=1S/C8H5F3INO4/c1-16-6-4(17-8(9,10)11)2-3(12)5(13-6)7(14)15/h2H,1H3,(H,14,15). The van der Waals surface area contributed by atoms with Crippen molar-refractivity contribution in [3.05, 3.63) is 15.3 Å². The number of carboxylic acid groups (broad SMARTS) is 1. The highest BCUT2D eigenvalue weighted by Gasteiger charge is 2.33. The van der Waals surface area contributed by atoms with Crippen LogP contribution in [-0.2, 0) is 0 Å². The van der Waals surface area contributed by atoms with Crippen LogP contribution in [0.15, 0.2) is 6.07 Å². The molecule has 9 heteroatoms. The Morgan fingerprint density at radius 3 is 2.53 bits per heavy atom. The van der Waals surface area contributed by atoms with Gasteiger partial charge in [-0.05, 0) is 22.6 Å². The van der Waals surface area contributed by atoms with E-state index in [2.05, 4.69) is 14.5 Å². The van der Waals surface area contributed by atoms with E-state index in [1.165, 1.54) is 22.6 Å². The lowest BCUT2D eigenvalue weighted by molar-refractivity contribution is -0.275. The molecule has 0 aliphatic rings. The van der Waals surface area contributed by atoms with Gasteiger partial charge in [-0.2, -0.15) is 0 Å². The number of aromatic nitrogens is 1. The van der Waals surface area contributed by atoms with E-state index in [1.807, 2.05) is 0 Å². The SMILES string of the molecule is COc1nc(C(=O)O)c(I)cc1OC(F)(F)F. The third kappa shape index (κ3) is 3.61. The number of carbonyl (C=O) groups is 1. The number of hydrogen-bond acceptors (Lipinski definition) is 4. The van der Waals surface area contributed by atoms with Crippen molar-refractivity contribution < 1.29 is 32.5 Å². The summed E-state index contributed by atoms with van der Waals surface area (Å²) < 4.78 is 44.3. The molecule has 0 atom stereocenters. The van der Waals surface area contributed by atoms with Crippen LogP contribution in [0.2, 0.25) is 0 Å². The molecule has 1 heterocycles. The Kier molecular flexibility index (Phi) is 4.01. The minimum atomic E-state index is -4.90. The van der Waals surface area contributed by atoms with Gasteiger partial charge in [-0.1, -0.05) is 0 Å². The minimum Gasteiger partial charge on any atom is -0.478 e. The molecule has 0 saturated carbocycles. The molecule has 1 aromatic rings. The Morgan fingerprint density at radius 1 is 1.53 bits per heavy atom. The molecule has 0 bridgehead atoms. The molecule has 5 nitrogen and oxygen atoms in total. The zero-order valence-corrected chi connectivity index (χ0v) is 10.4. The molecule has 1 aromatic heterocycles. The minimum absolute atomic E-state index is 0.00940. The third-order valence-electron chi connectivity index (χ3n) is 1.53. The molecule has 0 aliphatic heterocycles. The average Bonchev–Trinajstić information content (AvgIpc) is 2.14. The quantitative estimate of drug-likeness (QED) is 0.835. The average molecular weight is 363 g/mol. The lowest BCUT2D eigenvalue weighted by Gasteiger charge is -2.12. The summed E-state index contributed by atoms with van der Waals surface area (Å²) in [5.41, 5.74) is -0.406. The number of aromatic carboxylic acids is 1. The van der Waals surface area contributed by atoms with Gasteiger partial charge in [-0.3, -0.25) is 0 Å². The van der Waals surface area contributed by atoms with Crippen LogP contribution in [-0.4, -0.2) is 29.5 Å². The van der Waals surface area contributed by atoms with E-state index < -0.39 is 29.7 Å². The number of halogens is 4. The smallest absolute Gasteiger partial charge is 0.478 e. The van der Waals surface area contributed by atoms with E-state index in [-0.39, 0.29) is 3.57 Å². The zero-order chi connectivity index (χ0) is 13.2. The van der Waals surface area contributed by atoms with Crippen LogP contribution in [0.3, 0.4) is 0 Å². The van der Waals surface area contributed by atoms with Crippen molar-refractivity contribution in [2.75, 3.05) is 7.11 Å². The summed E-state index contributed by atoms with van der Waals surface area (Å²) in [6.45, 7) is 0. The second-order valence-electron chi connectivity index (χ2n) is 2.68. The van der Waals surface area contributed by atoms with Crippen LogP contribution in [0.1, 0.15) is 10.5 Å². The monoisotopic (exact) mass is 363 g/mol. The van der Waals surface area contributed by atoms with Crippen LogP contribution >= 0.6 is 22.6 Å². The van der Waals surface area contributed by atoms with Gasteiger partial charge in [0, 0.05) is 6.07 Å². The molecule has 1 N–H and O–H groups in total. The molecule has 1 rings (SSSR count). The fourth-order valence-electron chi connectivity index (χ4n) is 0.949. The Hall–Kier alpha value is -1.26. The Morgan fingerprint density at radius 2 is 2.12 bits per heavy atom. The topological polar surface area (TPSA) is 68.7 Å². The van der Waals surface area contributed by atoms with Crippen LogP contribution in [0.5, 0.6) is 11.6 Å². The van der Waals surface area contributed by atoms with Crippen molar-refractivity contribution >= 4 is 28.6 Å². The molecular weight excluding hydrogens is 358 g/mol. The summed E-state index contributed by atoms with van der Waals surface area (Å²) in [6.07, 6.45) is -4.90. The van der Waals surface area contributed by atoms with E-state index >= 15 is 0 Å².